The molecule has 52 heavy (non-hydrogen) atoms. The number of ether oxygens (including phenoxy) is 2. The Kier molecular flexibility index (Phi) is 11.1. The third-order valence-electron chi connectivity index (χ3n) is 10.8. The van der Waals surface area contributed by atoms with E-state index in [9.17, 15) is 14.4 Å². The third-order valence-corrected chi connectivity index (χ3v) is 10.8. The second kappa shape index (κ2) is 15.5. The predicted molar refractivity (Wildman–Crippen MR) is 207 cm³/mol. The van der Waals surface area contributed by atoms with E-state index in [1.807, 2.05) is 149 Å². The second-order valence-electron chi connectivity index (χ2n) is 14.6. The number of carbonyl (C=O) groups is 3. The normalized spacial score (nSPS) is 16.0. The average Bonchev–Trinajstić information content (AvgIpc) is 3.20. The van der Waals surface area contributed by atoms with Crippen LogP contribution in [0.5, 0.6) is 0 Å². The molecule has 4 aromatic carbocycles. The molecule has 0 radical (unpaired) electrons. The molecule has 2 aliphatic heterocycles. The second-order valence-corrected chi connectivity index (χ2v) is 14.6. The SMILES string of the molecule is CN(c1ccc(C(=O)c2ccc(N(C)c3ccc(C(=O)C(C)(C)N4CCOCC4)cc3)cc2)cc1)c1ccc(C(=O)C(C)(C)N2CCOCC2)cc1. The van der Waals surface area contributed by atoms with E-state index in [0.29, 0.717) is 48.7 Å². The number of nitrogens with zero attached hydrogens (tertiary/aromatic N) is 4. The van der Waals surface area contributed by atoms with E-state index in [1.54, 1.807) is 0 Å². The van der Waals surface area contributed by atoms with Gasteiger partial charge in [0, 0.05) is 85.3 Å². The van der Waals surface area contributed by atoms with Gasteiger partial charge in [-0.05, 0) is 125 Å². The lowest BCUT2D eigenvalue weighted by Gasteiger charge is -2.39. The minimum atomic E-state index is -0.605. The summed E-state index contributed by atoms with van der Waals surface area (Å²) in [6.07, 6.45) is 0. The first kappa shape index (κ1) is 37.1. The molecular weight excluding hydrogens is 652 g/mol. The number of carbonyl (C=O) groups excluding carboxylic acids is 3. The Labute approximate surface area is 307 Å². The van der Waals surface area contributed by atoms with Crippen molar-refractivity contribution >= 4 is 40.1 Å². The van der Waals surface area contributed by atoms with E-state index in [4.69, 9.17) is 9.47 Å². The Hall–Kier alpha value is -4.67. The van der Waals surface area contributed by atoms with Crippen LogP contribution in [0, 0.1) is 0 Å². The first-order chi connectivity index (χ1) is 24.9. The van der Waals surface area contributed by atoms with Crippen LogP contribution in [-0.4, -0.2) is 105 Å². The van der Waals surface area contributed by atoms with E-state index < -0.39 is 11.1 Å². The number of benzene rings is 4. The van der Waals surface area contributed by atoms with Gasteiger partial charge in [0.15, 0.2) is 17.3 Å². The molecule has 0 amide bonds. The molecule has 9 heteroatoms. The number of hydrogen-bond acceptors (Lipinski definition) is 9. The zero-order valence-electron chi connectivity index (χ0n) is 31.2. The first-order valence-corrected chi connectivity index (χ1v) is 18.1. The fraction of sp³-hybridized carbons (Fsp3) is 0.372. The molecule has 2 fully saturated rings. The number of anilines is 4. The van der Waals surface area contributed by atoms with Crippen molar-refractivity contribution in [3.05, 3.63) is 119 Å². The quantitative estimate of drug-likeness (QED) is 0.145. The van der Waals surface area contributed by atoms with Crippen molar-refractivity contribution in [2.24, 2.45) is 0 Å². The van der Waals surface area contributed by atoms with Crippen molar-refractivity contribution in [3.8, 4) is 0 Å². The highest BCUT2D eigenvalue weighted by molar-refractivity contribution is 6.09. The van der Waals surface area contributed by atoms with Gasteiger partial charge >= 0.3 is 0 Å². The molecule has 2 aliphatic rings. The van der Waals surface area contributed by atoms with E-state index in [0.717, 1.165) is 48.9 Å². The lowest BCUT2D eigenvalue weighted by atomic mass is 9.90. The van der Waals surface area contributed by atoms with Crippen LogP contribution >= 0.6 is 0 Å². The summed E-state index contributed by atoms with van der Waals surface area (Å²) < 4.78 is 10.9. The van der Waals surface area contributed by atoms with Gasteiger partial charge in [-0.15, -0.1) is 0 Å². The molecule has 0 bridgehead atoms. The molecule has 0 saturated carbocycles. The van der Waals surface area contributed by atoms with Crippen LogP contribution in [0.4, 0.5) is 22.7 Å². The monoisotopic (exact) mass is 702 g/mol. The van der Waals surface area contributed by atoms with E-state index in [2.05, 4.69) is 9.80 Å². The summed E-state index contributed by atoms with van der Waals surface area (Å²) in [5.74, 6) is 0.134. The molecule has 272 valence electrons. The highest BCUT2D eigenvalue weighted by atomic mass is 16.5. The summed E-state index contributed by atoms with van der Waals surface area (Å²) in [6, 6.07) is 30.5. The van der Waals surface area contributed by atoms with Gasteiger partial charge in [-0.3, -0.25) is 24.2 Å². The van der Waals surface area contributed by atoms with Gasteiger partial charge < -0.3 is 19.3 Å². The average molecular weight is 703 g/mol. The topological polar surface area (TPSA) is 82.6 Å². The van der Waals surface area contributed by atoms with Crippen LogP contribution in [0.1, 0.15) is 64.3 Å². The van der Waals surface area contributed by atoms with Gasteiger partial charge in [-0.2, -0.15) is 0 Å². The van der Waals surface area contributed by atoms with Crippen LogP contribution in [0.2, 0.25) is 0 Å². The Morgan fingerprint density at radius 2 is 0.712 bits per heavy atom. The van der Waals surface area contributed by atoms with Gasteiger partial charge in [0.1, 0.15) is 0 Å². The molecule has 0 aromatic heterocycles. The largest absolute Gasteiger partial charge is 0.379 e. The molecule has 0 atom stereocenters. The molecule has 4 aromatic rings. The summed E-state index contributed by atoms with van der Waals surface area (Å²) in [5, 5.41) is 0. The summed E-state index contributed by atoms with van der Waals surface area (Å²) in [6.45, 7) is 13.5. The van der Waals surface area contributed by atoms with Gasteiger partial charge in [0.2, 0.25) is 0 Å². The minimum Gasteiger partial charge on any atom is -0.379 e. The maximum absolute atomic E-state index is 13.4. The van der Waals surface area contributed by atoms with Gasteiger partial charge in [-0.25, -0.2) is 0 Å². The number of morpholine rings is 2. The van der Waals surface area contributed by atoms with Crippen LogP contribution in [0.15, 0.2) is 97.1 Å². The first-order valence-electron chi connectivity index (χ1n) is 18.1. The molecule has 0 unspecified atom stereocenters. The number of ketones is 3. The van der Waals surface area contributed by atoms with E-state index >= 15 is 0 Å². The van der Waals surface area contributed by atoms with Crippen molar-refractivity contribution in [1.29, 1.82) is 0 Å². The molecule has 2 heterocycles. The molecule has 6 rings (SSSR count). The smallest absolute Gasteiger partial charge is 0.193 e. The molecule has 0 spiro atoms. The molecule has 2 saturated heterocycles. The Morgan fingerprint density at radius 1 is 0.462 bits per heavy atom. The summed E-state index contributed by atoms with van der Waals surface area (Å²) >= 11 is 0. The number of hydrogen-bond donors (Lipinski definition) is 0. The van der Waals surface area contributed by atoms with Crippen LogP contribution in [0.3, 0.4) is 0 Å². The van der Waals surface area contributed by atoms with Gasteiger partial charge in [0.25, 0.3) is 0 Å². The Bertz CT molecular complexity index is 1720. The van der Waals surface area contributed by atoms with Crippen LogP contribution < -0.4 is 9.80 Å². The van der Waals surface area contributed by atoms with Crippen molar-refractivity contribution in [2.45, 2.75) is 38.8 Å². The lowest BCUT2D eigenvalue weighted by molar-refractivity contribution is -0.00442. The highest BCUT2D eigenvalue weighted by Gasteiger charge is 2.37. The summed E-state index contributed by atoms with van der Waals surface area (Å²) in [7, 11) is 3.94. The van der Waals surface area contributed by atoms with Crippen molar-refractivity contribution in [1.82, 2.24) is 9.80 Å². The third kappa shape index (κ3) is 7.73. The van der Waals surface area contributed by atoms with Gasteiger partial charge in [-0.1, -0.05) is 0 Å². The summed E-state index contributed by atoms with van der Waals surface area (Å²) in [5.41, 5.74) is 5.10. The Balaban J connectivity index is 1.06. The van der Waals surface area contributed by atoms with Crippen molar-refractivity contribution in [2.75, 3.05) is 76.5 Å². The van der Waals surface area contributed by atoms with Gasteiger partial charge in [0.05, 0.1) is 37.5 Å². The molecular formula is C43H50N4O5. The number of rotatable bonds is 12. The van der Waals surface area contributed by atoms with Crippen LogP contribution in [0.25, 0.3) is 0 Å². The van der Waals surface area contributed by atoms with E-state index in [-0.39, 0.29) is 17.3 Å². The molecule has 0 N–H and O–H groups in total. The minimum absolute atomic E-state index is 0.0556. The van der Waals surface area contributed by atoms with Crippen LogP contribution in [-0.2, 0) is 9.47 Å². The lowest BCUT2D eigenvalue weighted by Crippen LogP contribution is -2.54. The highest BCUT2D eigenvalue weighted by Crippen LogP contribution is 2.30. The fourth-order valence-electron chi connectivity index (χ4n) is 7.05. The zero-order valence-corrected chi connectivity index (χ0v) is 31.2. The summed E-state index contributed by atoms with van der Waals surface area (Å²) in [4.78, 5) is 48.7. The Morgan fingerprint density at radius 3 is 0.981 bits per heavy atom. The fourth-order valence-corrected chi connectivity index (χ4v) is 7.05. The van der Waals surface area contributed by atoms with Crippen molar-refractivity contribution < 1.29 is 23.9 Å². The van der Waals surface area contributed by atoms with Crippen molar-refractivity contribution in [3.63, 3.8) is 0 Å². The zero-order chi connectivity index (χ0) is 37.0. The van der Waals surface area contributed by atoms with E-state index in [1.165, 1.54) is 0 Å². The molecule has 9 nitrogen and oxygen atoms in total. The predicted octanol–water partition coefficient (Wildman–Crippen LogP) is 7.04. The number of Topliss-reactive ketones (excluding diaryl/α,β-unsaturated/α-hetero) is 2. The maximum atomic E-state index is 13.4. The maximum Gasteiger partial charge on any atom is 0.193 e. The standard InChI is InChI=1S/C43H50N4O5/c1-42(2,46-23-27-51-28-24-46)40(49)33-11-19-37(20-12-33)44(5)35-15-7-31(8-16-35)39(48)32-9-17-36(18-10-32)45(6)38-21-13-34(14-22-38)41(50)43(3,4)47-25-29-52-30-26-47/h7-22H,23-30H2,1-6H3. The molecule has 0 aliphatic carbocycles.